The Balaban J connectivity index is 0.00000228. The molecule has 2 amide bonds. The smallest absolute Gasteiger partial charge is 0.315 e. The zero-order chi connectivity index (χ0) is 23.9. The molecule has 0 unspecified atom stereocenters. The topological polar surface area (TPSA) is 107 Å². The van der Waals surface area contributed by atoms with Crippen molar-refractivity contribution in [1.82, 2.24) is 25.2 Å². The molecule has 0 fully saturated rings. The number of methoxy groups -OCH3 is 1. The number of imidazole rings is 1. The number of aryl methyl sites for hydroxylation is 1. The van der Waals surface area contributed by atoms with E-state index in [-0.39, 0.29) is 14.9 Å². The van der Waals surface area contributed by atoms with E-state index < -0.39 is 0 Å². The van der Waals surface area contributed by atoms with Gasteiger partial charge < -0.3 is 25.7 Å². The number of amides is 2. The molecule has 8 nitrogen and oxygen atoms in total. The number of carbonyl (C=O) groups is 1. The van der Waals surface area contributed by atoms with Crippen molar-refractivity contribution in [2.45, 2.75) is 38.8 Å². The van der Waals surface area contributed by atoms with E-state index in [1.54, 1.807) is 7.11 Å². The Bertz CT molecular complexity index is 1270. The number of nitrogen functional groups attached to an aromatic ring is 1. The third-order valence-corrected chi connectivity index (χ3v) is 5.96. The molecule has 0 saturated carbocycles. The number of ether oxygens (including phenoxy) is 1. The van der Waals surface area contributed by atoms with Crippen LogP contribution in [0.2, 0.25) is 0 Å². The molecule has 2 aromatic heterocycles. The van der Waals surface area contributed by atoms with E-state index in [1.807, 2.05) is 55.5 Å². The maximum absolute atomic E-state index is 12.3. The molecule has 0 bridgehead atoms. The maximum atomic E-state index is 12.3. The number of hydrogen-bond acceptors (Lipinski definition) is 5. The first-order valence-electron chi connectivity index (χ1n) is 11.7. The van der Waals surface area contributed by atoms with Crippen LogP contribution in [0.3, 0.4) is 0 Å². The molecular formula is C26H36N6O2. The summed E-state index contributed by atoms with van der Waals surface area (Å²) in [5.74, 6) is 1.38. The lowest BCUT2D eigenvalue weighted by atomic mass is 10.1. The molecule has 1 atom stereocenters. The van der Waals surface area contributed by atoms with Crippen molar-refractivity contribution in [3.63, 3.8) is 0 Å². The van der Waals surface area contributed by atoms with Crippen LogP contribution in [-0.4, -0.2) is 40.8 Å². The maximum Gasteiger partial charge on any atom is 0.315 e. The Morgan fingerprint density at radius 1 is 1.12 bits per heavy atom. The number of carbonyl (C=O) groups excluding carboxylic acids is 1. The largest absolute Gasteiger partial charge is 0.384 e. The van der Waals surface area contributed by atoms with Gasteiger partial charge in [0.05, 0.1) is 23.7 Å². The van der Waals surface area contributed by atoms with Gasteiger partial charge in [0.25, 0.3) is 0 Å². The highest BCUT2D eigenvalue weighted by Gasteiger charge is 2.17. The molecule has 4 N–H and O–H groups in total. The van der Waals surface area contributed by atoms with E-state index in [1.165, 1.54) is 0 Å². The molecule has 2 aromatic carbocycles. The molecule has 4 aromatic rings. The van der Waals surface area contributed by atoms with Gasteiger partial charge in [0.1, 0.15) is 11.3 Å². The number of benzene rings is 2. The number of fused-ring (bicyclic) bond motifs is 3. The number of hydrogen-bond donors (Lipinski definition) is 3. The second-order valence-corrected chi connectivity index (χ2v) is 8.37. The number of aromatic nitrogens is 3. The van der Waals surface area contributed by atoms with Crippen LogP contribution in [0.5, 0.6) is 0 Å². The molecule has 4 rings (SSSR count). The number of rotatable bonds is 10. The molecule has 2 heterocycles. The Kier molecular flexibility index (Phi) is 7.59. The normalized spacial score (nSPS) is 12.2. The quantitative estimate of drug-likeness (QED) is 0.295. The van der Waals surface area contributed by atoms with Crippen LogP contribution in [0.15, 0.2) is 54.6 Å². The van der Waals surface area contributed by atoms with E-state index in [9.17, 15) is 4.79 Å². The number of nitrogens with two attached hydrogens (primary N) is 1. The molecule has 8 heteroatoms. The standard InChI is InChI=1S/C26H32N6O2.2H2/c1-18(19-10-4-3-5-11-19)29-26(33)28-15-8-9-16-32-22(14-17-34-2)31-23-24(32)20-12-6-7-13-21(20)30-25(23)27;;/h3-7,10-13,18H,8-9,14-17H2,1-2H3,(H2,27,30)(H2,28,29,33);2*1H/t18-;;/m0../s1. The monoisotopic (exact) mass is 464 g/mol. The van der Waals surface area contributed by atoms with Gasteiger partial charge in [0.2, 0.25) is 0 Å². The Hall–Kier alpha value is -3.65. The number of anilines is 1. The fourth-order valence-electron chi connectivity index (χ4n) is 4.20. The fourth-order valence-corrected chi connectivity index (χ4v) is 4.20. The van der Waals surface area contributed by atoms with Gasteiger partial charge in [-0.05, 0) is 31.4 Å². The first-order valence-corrected chi connectivity index (χ1v) is 11.7. The number of para-hydroxylation sites is 1. The minimum atomic E-state index is -0.157. The molecule has 34 heavy (non-hydrogen) atoms. The highest BCUT2D eigenvalue weighted by molar-refractivity contribution is 6.06. The van der Waals surface area contributed by atoms with Crippen molar-refractivity contribution in [2.24, 2.45) is 0 Å². The zero-order valence-corrected chi connectivity index (χ0v) is 19.8. The van der Waals surface area contributed by atoms with Gasteiger partial charge in [-0.3, -0.25) is 0 Å². The summed E-state index contributed by atoms with van der Waals surface area (Å²) in [5, 5.41) is 6.98. The third-order valence-electron chi connectivity index (χ3n) is 5.96. The predicted molar refractivity (Wildman–Crippen MR) is 140 cm³/mol. The van der Waals surface area contributed by atoms with Crippen molar-refractivity contribution < 1.29 is 12.4 Å². The summed E-state index contributed by atoms with van der Waals surface area (Å²) in [5.41, 5.74) is 9.93. The van der Waals surface area contributed by atoms with Crippen LogP contribution < -0.4 is 16.4 Å². The molecule has 0 aliphatic carbocycles. The van der Waals surface area contributed by atoms with E-state index in [2.05, 4.69) is 26.3 Å². The summed E-state index contributed by atoms with van der Waals surface area (Å²) in [6, 6.07) is 17.7. The lowest BCUT2D eigenvalue weighted by Crippen LogP contribution is -2.37. The van der Waals surface area contributed by atoms with Crippen LogP contribution in [0.25, 0.3) is 21.9 Å². The van der Waals surface area contributed by atoms with E-state index in [0.717, 1.165) is 52.7 Å². The van der Waals surface area contributed by atoms with Crippen LogP contribution in [-0.2, 0) is 17.7 Å². The van der Waals surface area contributed by atoms with Gasteiger partial charge in [-0.15, -0.1) is 0 Å². The van der Waals surface area contributed by atoms with E-state index in [4.69, 9.17) is 15.5 Å². The molecule has 0 aliphatic heterocycles. The summed E-state index contributed by atoms with van der Waals surface area (Å²) in [4.78, 5) is 21.6. The van der Waals surface area contributed by atoms with Gasteiger partial charge in [0.15, 0.2) is 5.82 Å². The molecular weight excluding hydrogens is 428 g/mol. The zero-order valence-electron chi connectivity index (χ0n) is 19.8. The first kappa shape index (κ1) is 23.5. The Morgan fingerprint density at radius 3 is 2.68 bits per heavy atom. The second kappa shape index (κ2) is 11.0. The lowest BCUT2D eigenvalue weighted by Gasteiger charge is -2.15. The number of unbranched alkanes of at least 4 members (excludes halogenated alkanes) is 1. The molecule has 0 aliphatic rings. The summed E-state index contributed by atoms with van der Waals surface area (Å²) in [6.07, 6.45) is 2.42. The summed E-state index contributed by atoms with van der Waals surface area (Å²) in [7, 11) is 1.69. The number of urea groups is 1. The van der Waals surface area contributed by atoms with Gasteiger partial charge in [-0.2, -0.15) is 0 Å². The molecule has 0 saturated heterocycles. The van der Waals surface area contributed by atoms with Gasteiger partial charge in [-0.1, -0.05) is 48.5 Å². The Labute approximate surface area is 202 Å². The Morgan fingerprint density at radius 2 is 1.88 bits per heavy atom. The van der Waals surface area contributed by atoms with Crippen LogP contribution >= 0.6 is 0 Å². The molecule has 182 valence electrons. The van der Waals surface area contributed by atoms with Crippen molar-refractivity contribution in [3.8, 4) is 0 Å². The third kappa shape index (κ3) is 5.28. The van der Waals surface area contributed by atoms with Gasteiger partial charge in [-0.25, -0.2) is 14.8 Å². The van der Waals surface area contributed by atoms with Gasteiger partial charge >= 0.3 is 6.03 Å². The van der Waals surface area contributed by atoms with Crippen molar-refractivity contribution in [3.05, 3.63) is 66.0 Å². The van der Waals surface area contributed by atoms with Crippen molar-refractivity contribution >= 4 is 33.8 Å². The number of pyridine rings is 1. The SMILES string of the molecule is COCCc1nc2c(N)nc3ccccc3c2n1CCCCNC(=O)N[C@@H](C)c1ccccc1.[HH].[HH]. The number of nitrogens with zero attached hydrogens (tertiary/aromatic N) is 3. The van der Waals surface area contributed by atoms with E-state index >= 15 is 0 Å². The average molecular weight is 465 g/mol. The van der Waals surface area contributed by atoms with Crippen LogP contribution in [0.4, 0.5) is 10.6 Å². The minimum Gasteiger partial charge on any atom is -0.384 e. The summed E-state index contributed by atoms with van der Waals surface area (Å²) < 4.78 is 7.52. The molecule has 0 spiro atoms. The van der Waals surface area contributed by atoms with Crippen LogP contribution in [0, 0.1) is 0 Å². The van der Waals surface area contributed by atoms with Crippen molar-refractivity contribution in [1.29, 1.82) is 0 Å². The number of nitrogens with one attached hydrogen (secondary N) is 2. The second-order valence-electron chi connectivity index (χ2n) is 8.37. The predicted octanol–water partition coefficient (Wildman–Crippen LogP) is 4.69. The van der Waals surface area contributed by atoms with Crippen LogP contribution in [0.1, 0.15) is 40.0 Å². The fraction of sp³-hybridized carbons (Fsp3) is 0.346. The van der Waals surface area contributed by atoms with Crippen molar-refractivity contribution in [2.75, 3.05) is 26.0 Å². The lowest BCUT2D eigenvalue weighted by molar-refractivity contribution is 0.199. The average Bonchev–Trinajstić information content (AvgIpc) is 3.22. The highest BCUT2D eigenvalue weighted by atomic mass is 16.5. The summed E-state index contributed by atoms with van der Waals surface area (Å²) >= 11 is 0. The van der Waals surface area contributed by atoms with Gasteiger partial charge in [0, 0.05) is 34.9 Å². The summed E-state index contributed by atoms with van der Waals surface area (Å²) in [6.45, 7) is 3.92. The highest BCUT2D eigenvalue weighted by Crippen LogP contribution is 2.29. The molecule has 0 radical (unpaired) electrons. The first-order chi connectivity index (χ1) is 16.6. The minimum absolute atomic E-state index is 0. The van der Waals surface area contributed by atoms with E-state index in [0.29, 0.717) is 25.4 Å².